The Morgan fingerprint density at radius 2 is 2.18 bits per heavy atom. The molecule has 0 aliphatic carbocycles. The first-order valence-electron chi connectivity index (χ1n) is 6.36. The maximum atomic E-state index is 4.59. The lowest BCUT2D eigenvalue weighted by atomic mass is 10.00. The second-order valence-corrected chi connectivity index (χ2v) is 5.26. The molecule has 0 bridgehead atoms. The average Bonchev–Trinajstić information content (AvgIpc) is 2.27. The van der Waals surface area contributed by atoms with Gasteiger partial charge in [-0.05, 0) is 27.2 Å². The van der Waals surface area contributed by atoms with Crippen molar-refractivity contribution < 1.29 is 0 Å². The van der Waals surface area contributed by atoms with Gasteiger partial charge in [0.25, 0.3) is 0 Å². The van der Waals surface area contributed by atoms with Crippen molar-refractivity contribution in [2.75, 3.05) is 24.5 Å². The van der Waals surface area contributed by atoms with Crippen LogP contribution in [0.5, 0.6) is 0 Å². The summed E-state index contributed by atoms with van der Waals surface area (Å²) in [6, 6.07) is 2.13. The van der Waals surface area contributed by atoms with E-state index in [9.17, 15) is 0 Å². The van der Waals surface area contributed by atoms with E-state index >= 15 is 0 Å². The topological polar surface area (TPSA) is 41.0 Å². The minimum Gasteiger partial charge on any atom is -0.349 e. The number of nitrogens with zero attached hydrogens (tertiary/aromatic N) is 3. The van der Waals surface area contributed by atoms with Crippen molar-refractivity contribution >= 4 is 5.82 Å². The highest BCUT2D eigenvalue weighted by Crippen LogP contribution is 2.24. The number of nitrogens with one attached hydrogen (secondary N) is 1. The molecule has 17 heavy (non-hydrogen) atoms. The van der Waals surface area contributed by atoms with Gasteiger partial charge in [-0.25, -0.2) is 9.97 Å². The van der Waals surface area contributed by atoms with E-state index in [1.807, 2.05) is 6.92 Å². The molecule has 1 N–H and O–H groups in total. The standard InChI is InChI=1S/C13H22N4/c1-5-11-8-12(16-10(2)15-11)17-7-6-14-9-13(17,3)4/h8,14H,5-7,9H2,1-4H3. The monoisotopic (exact) mass is 234 g/mol. The van der Waals surface area contributed by atoms with Crippen molar-refractivity contribution in [2.45, 2.75) is 39.7 Å². The first-order valence-corrected chi connectivity index (χ1v) is 6.36. The predicted octanol–water partition coefficient (Wildman–Crippen LogP) is 1.54. The van der Waals surface area contributed by atoms with E-state index < -0.39 is 0 Å². The number of hydrogen-bond acceptors (Lipinski definition) is 4. The number of piperazine rings is 1. The fraction of sp³-hybridized carbons (Fsp3) is 0.692. The van der Waals surface area contributed by atoms with Crippen molar-refractivity contribution in [1.82, 2.24) is 15.3 Å². The van der Waals surface area contributed by atoms with Crippen LogP contribution in [0.15, 0.2) is 6.07 Å². The van der Waals surface area contributed by atoms with E-state index in [4.69, 9.17) is 0 Å². The van der Waals surface area contributed by atoms with Gasteiger partial charge in [0, 0.05) is 36.9 Å². The zero-order chi connectivity index (χ0) is 12.5. The Balaban J connectivity index is 2.35. The number of rotatable bonds is 2. The third-order valence-electron chi connectivity index (χ3n) is 3.32. The zero-order valence-electron chi connectivity index (χ0n) is 11.2. The van der Waals surface area contributed by atoms with Gasteiger partial charge in [-0.15, -0.1) is 0 Å². The highest BCUT2D eigenvalue weighted by atomic mass is 15.3. The average molecular weight is 234 g/mol. The van der Waals surface area contributed by atoms with Crippen LogP contribution in [0, 0.1) is 6.92 Å². The summed E-state index contributed by atoms with van der Waals surface area (Å²) in [5.41, 5.74) is 1.24. The van der Waals surface area contributed by atoms with Crippen LogP contribution in [0.3, 0.4) is 0 Å². The van der Waals surface area contributed by atoms with Crippen LogP contribution in [0.1, 0.15) is 32.3 Å². The van der Waals surface area contributed by atoms with Crippen LogP contribution in [0.25, 0.3) is 0 Å². The summed E-state index contributed by atoms with van der Waals surface area (Å²) in [5, 5.41) is 3.43. The molecule has 0 aromatic carbocycles. The van der Waals surface area contributed by atoms with Gasteiger partial charge in [0.2, 0.25) is 0 Å². The largest absolute Gasteiger partial charge is 0.349 e. The van der Waals surface area contributed by atoms with Gasteiger partial charge in [0.15, 0.2) is 0 Å². The molecule has 0 radical (unpaired) electrons. The van der Waals surface area contributed by atoms with Crippen molar-refractivity contribution in [3.05, 3.63) is 17.6 Å². The maximum Gasteiger partial charge on any atom is 0.133 e. The first kappa shape index (κ1) is 12.3. The van der Waals surface area contributed by atoms with Gasteiger partial charge in [-0.3, -0.25) is 0 Å². The summed E-state index contributed by atoms with van der Waals surface area (Å²) in [6.45, 7) is 11.6. The molecule has 0 atom stereocenters. The minimum atomic E-state index is 0.115. The molecule has 1 aliphatic rings. The van der Waals surface area contributed by atoms with Crippen molar-refractivity contribution in [3.63, 3.8) is 0 Å². The van der Waals surface area contributed by atoms with E-state index in [0.717, 1.165) is 43.4 Å². The molecule has 1 saturated heterocycles. The van der Waals surface area contributed by atoms with Crippen LogP contribution in [0.4, 0.5) is 5.82 Å². The van der Waals surface area contributed by atoms with Crippen molar-refractivity contribution in [1.29, 1.82) is 0 Å². The van der Waals surface area contributed by atoms with E-state index in [0.29, 0.717) is 0 Å². The van der Waals surface area contributed by atoms with E-state index in [2.05, 4.69) is 47.0 Å². The summed E-state index contributed by atoms with van der Waals surface area (Å²) >= 11 is 0. The second-order valence-electron chi connectivity index (χ2n) is 5.26. The number of aryl methyl sites for hydroxylation is 2. The third-order valence-corrected chi connectivity index (χ3v) is 3.32. The van der Waals surface area contributed by atoms with Crippen molar-refractivity contribution in [3.8, 4) is 0 Å². The minimum absolute atomic E-state index is 0.115. The number of anilines is 1. The Morgan fingerprint density at radius 1 is 1.41 bits per heavy atom. The smallest absolute Gasteiger partial charge is 0.133 e. The fourth-order valence-electron chi connectivity index (χ4n) is 2.34. The molecule has 1 aromatic heterocycles. The summed E-state index contributed by atoms with van der Waals surface area (Å²) < 4.78 is 0. The highest BCUT2D eigenvalue weighted by molar-refractivity contribution is 5.44. The summed E-state index contributed by atoms with van der Waals surface area (Å²) in [4.78, 5) is 11.4. The lowest BCUT2D eigenvalue weighted by Crippen LogP contribution is -2.58. The number of hydrogen-bond donors (Lipinski definition) is 1. The van der Waals surface area contributed by atoms with Gasteiger partial charge in [0.05, 0.1) is 0 Å². The maximum absolute atomic E-state index is 4.59. The molecule has 4 nitrogen and oxygen atoms in total. The zero-order valence-corrected chi connectivity index (χ0v) is 11.2. The lowest BCUT2D eigenvalue weighted by molar-refractivity contribution is 0.377. The number of aromatic nitrogens is 2. The van der Waals surface area contributed by atoms with E-state index in [1.54, 1.807) is 0 Å². The van der Waals surface area contributed by atoms with Gasteiger partial charge in [-0.2, -0.15) is 0 Å². The van der Waals surface area contributed by atoms with Crippen LogP contribution in [-0.2, 0) is 6.42 Å². The Kier molecular flexibility index (Phi) is 3.33. The molecule has 2 rings (SSSR count). The van der Waals surface area contributed by atoms with E-state index in [1.165, 1.54) is 0 Å². The first-order chi connectivity index (χ1) is 8.03. The highest BCUT2D eigenvalue weighted by Gasteiger charge is 2.30. The second kappa shape index (κ2) is 4.61. The normalized spacial score (nSPS) is 19.4. The SMILES string of the molecule is CCc1cc(N2CCNCC2(C)C)nc(C)n1. The molecular weight excluding hydrogens is 212 g/mol. The Bertz CT molecular complexity index is 400. The van der Waals surface area contributed by atoms with Crippen LogP contribution in [0.2, 0.25) is 0 Å². The lowest BCUT2D eigenvalue weighted by Gasteiger charge is -2.43. The Hall–Kier alpha value is -1.16. The van der Waals surface area contributed by atoms with Crippen LogP contribution < -0.4 is 10.2 Å². The molecule has 4 heteroatoms. The van der Waals surface area contributed by atoms with Crippen LogP contribution >= 0.6 is 0 Å². The Labute approximate surface area is 103 Å². The van der Waals surface area contributed by atoms with Gasteiger partial charge >= 0.3 is 0 Å². The molecule has 94 valence electrons. The van der Waals surface area contributed by atoms with Crippen LogP contribution in [-0.4, -0.2) is 35.1 Å². The van der Waals surface area contributed by atoms with E-state index in [-0.39, 0.29) is 5.54 Å². The molecule has 0 amide bonds. The Morgan fingerprint density at radius 3 is 2.82 bits per heavy atom. The van der Waals surface area contributed by atoms with Gasteiger partial charge in [-0.1, -0.05) is 6.92 Å². The van der Waals surface area contributed by atoms with Gasteiger partial charge < -0.3 is 10.2 Å². The quantitative estimate of drug-likeness (QED) is 0.842. The molecule has 2 heterocycles. The molecule has 0 spiro atoms. The summed E-state index contributed by atoms with van der Waals surface area (Å²) in [6.07, 6.45) is 0.961. The van der Waals surface area contributed by atoms with Gasteiger partial charge in [0.1, 0.15) is 11.6 Å². The predicted molar refractivity (Wildman–Crippen MR) is 70.4 cm³/mol. The summed E-state index contributed by atoms with van der Waals surface area (Å²) in [5.74, 6) is 1.94. The fourth-order valence-corrected chi connectivity index (χ4v) is 2.34. The molecule has 0 unspecified atom stereocenters. The molecule has 1 fully saturated rings. The molecule has 0 saturated carbocycles. The molecular formula is C13H22N4. The molecule has 1 aliphatic heterocycles. The third kappa shape index (κ3) is 2.57. The molecule has 1 aromatic rings. The summed E-state index contributed by atoms with van der Waals surface area (Å²) in [7, 11) is 0. The van der Waals surface area contributed by atoms with Crippen molar-refractivity contribution in [2.24, 2.45) is 0 Å².